The van der Waals surface area contributed by atoms with Gasteiger partial charge >= 0.3 is 0 Å². The van der Waals surface area contributed by atoms with Gasteiger partial charge in [0, 0.05) is 43.8 Å². The molecule has 3 heterocycles. The van der Waals surface area contributed by atoms with E-state index in [2.05, 4.69) is 14.9 Å². The van der Waals surface area contributed by atoms with Crippen molar-refractivity contribution in [3.05, 3.63) is 45.8 Å². The molecule has 0 unspecified atom stereocenters. The molecule has 0 saturated carbocycles. The number of aromatic amines is 1. The molecule has 1 amide bonds. The standard InChI is InChI=1S/C13H14N4O2S/c18-11-3-1-2-10(15-11)12(19)16-5-7-17(8-6-16)13-14-4-9-20-13/h1-4,9H,5-8H2,(H,15,18). The molecule has 1 fully saturated rings. The molecule has 0 atom stereocenters. The van der Waals surface area contributed by atoms with Gasteiger partial charge in [-0.05, 0) is 6.07 Å². The van der Waals surface area contributed by atoms with E-state index in [1.807, 2.05) is 5.38 Å². The summed E-state index contributed by atoms with van der Waals surface area (Å²) in [5.41, 5.74) is 0.0949. The maximum atomic E-state index is 12.3. The number of anilines is 1. The van der Waals surface area contributed by atoms with Crippen molar-refractivity contribution in [3.63, 3.8) is 0 Å². The molecule has 3 rings (SSSR count). The number of thiazole rings is 1. The normalized spacial score (nSPS) is 15.4. The molecule has 1 aliphatic heterocycles. The molecular weight excluding hydrogens is 276 g/mol. The Hall–Kier alpha value is -2.15. The van der Waals surface area contributed by atoms with Crippen molar-refractivity contribution in [1.29, 1.82) is 0 Å². The van der Waals surface area contributed by atoms with E-state index in [4.69, 9.17) is 0 Å². The van der Waals surface area contributed by atoms with E-state index in [1.54, 1.807) is 34.6 Å². The van der Waals surface area contributed by atoms with Gasteiger partial charge in [-0.25, -0.2) is 4.98 Å². The van der Waals surface area contributed by atoms with Crippen LogP contribution in [0.15, 0.2) is 34.6 Å². The molecule has 104 valence electrons. The minimum atomic E-state index is -0.253. The summed E-state index contributed by atoms with van der Waals surface area (Å²) < 4.78 is 0. The first kappa shape index (κ1) is 12.9. The fraction of sp³-hybridized carbons (Fsp3) is 0.308. The quantitative estimate of drug-likeness (QED) is 0.888. The number of rotatable bonds is 2. The lowest BCUT2D eigenvalue weighted by Crippen LogP contribution is -2.49. The minimum absolute atomic E-state index is 0.124. The average molecular weight is 290 g/mol. The predicted molar refractivity (Wildman–Crippen MR) is 77.3 cm³/mol. The predicted octanol–water partition coefficient (Wildman–Crippen LogP) is 0.794. The minimum Gasteiger partial charge on any atom is -0.345 e. The lowest BCUT2D eigenvalue weighted by Gasteiger charge is -2.34. The molecule has 1 saturated heterocycles. The van der Waals surface area contributed by atoms with Crippen molar-refractivity contribution in [1.82, 2.24) is 14.9 Å². The van der Waals surface area contributed by atoms with Crippen LogP contribution in [-0.4, -0.2) is 47.0 Å². The Morgan fingerprint density at radius 1 is 1.25 bits per heavy atom. The number of nitrogens with one attached hydrogen (secondary N) is 1. The summed E-state index contributed by atoms with van der Waals surface area (Å²) in [5.74, 6) is -0.124. The SMILES string of the molecule is O=C(c1cccc(=O)[nH]1)N1CCN(c2nccs2)CC1. The number of amides is 1. The number of H-pyrrole nitrogens is 1. The molecule has 0 spiro atoms. The lowest BCUT2D eigenvalue weighted by molar-refractivity contribution is 0.0740. The van der Waals surface area contributed by atoms with Gasteiger partial charge in [0.1, 0.15) is 5.69 Å². The van der Waals surface area contributed by atoms with Gasteiger partial charge in [0.25, 0.3) is 5.91 Å². The van der Waals surface area contributed by atoms with Gasteiger partial charge in [-0.2, -0.15) is 0 Å². The highest BCUT2D eigenvalue weighted by Crippen LogP contribution is 2.19. The Labute approximate surface area is 119 Å². The van der Waals surface area contributed by atoms with Crippen LogP contribution in [0.2, 0.25) is 0 Å². The van der Waals surface area contributed by atoms with Crippen LogP contribution in [0.5, 0.6) is 0 Å². The molecular formula is C13H14N4O2S. The number of carbonyl (C=O) groups is 1. The highest BCUT2D eigenvalue weighted by Gasteiger charge is 2.23. The second-order valence-electron chi connectivity index (χ2n) is 4.52. The number of aromatic nitrogens is 2. The molecule has 0 bridgehead atoms. The number of pyridine rings is 1. The van der Waals surface area contributed by atoms with Crippen molar-refractivity contribution in [2.45, 2.75) is 0 Å². The molecule has 0 aliphatic carbocycles. The topological polar surface area (TPSA) is 69.3 Å². The van der Waals surface area contributed by atoms with Crippen LogP contribution in [0, 0.1) is 0 Å². The zero-order chi connectivity index (χ0) is 13.9. The molecule has 2 aromatic heterocycles. The summed E-state index contributed by atoms with van der Waals surface area (Å²) in [6.45, 7) is 2.79. The third-order valence-corrected chi connectivity index (χ3v) is 4.09. The van der Waals surface area contributed by atoms with Crippen LogP contribution in [0.1, 0.15) is 10.5 Å². The Morgan fingerprint density at radius 3 is 2.70 bits per heavy atom. The summed E-state index contributed by atoms with van der Waals surface area (Å²) >= 11 is 1.60. The van der Waals surface area contributed by atoms with Gasteiger partial charge < -0.3 is 14.8 Å². The Kier molecular flexibility index (Phi) is 3.51. The number of hydrogen-bond donors (Lipinski definition) is 1. The average Bonchev–Trinajstić information content (AvgIpc) is 3.01. The Bertz CT molecular complexity index is 644. The highest BCUT2D eigenvalue weighted by atomic mass is 32.1. The third-order valence-electron chi connectivity index (χ3n) is 3.26. The molecule has 2 aromatic rings. The molecule has 20 heavy (non-hydrogen) atoms. The fourth-order valence-corrected chi connectivity index (χ4v) is 2.91. The number of carbonyl (C=O) groups excluding carboxylic acids is 1. The zero-order valence-electron chi connectivity index (χ0n) is 10.8. The Balaban J connectivity index is 1.66. The van der Waals surface area contributed by atoms with Crippen molar-refractivity contribution in [2.24, 2.45) is 0 Å². The van der Waals surface area contributed by atoms with Crippen LogP contribution >= 0.6 is 11.3 Å². The lowest BCUT2D eigenvalue weighted by atomic mass is 10.2. The summed E-state index contributed by atoms with van der Waals surface area (Å²) in [6, 6.07) is 4.63. The second kappa shape index (κ2) is 5.46. The van der Waals surface area contributed by atoms with Gasteiger partial charge in [-0.3, -0.25) is 9.59 Å². The number of hydrogen-bond acceptors (Lipinski definition) is 5. The fourth-order valence-electron chi connectivity index (χ4n) is 2.22. The summed E-state index contributed by atoms with van der Waals surface area (Å²) in [4.78, 5) is 34.3. The van der Waals surface area contributed by atoms with Crippen molar-refractivity contribution >= 4 is 22.4 Å². The third kappa shape index (κ3) is 2.57. The van der Waals surface area contributed by atoms with Gasteiger partial charge in [0.05, 0.1) is 0 Å². The largest absolute Gasteiger partial charge is 0.345 e. The number of piperazine rings is 1. The monoisotopic (exact) mass is 290 g/mol. The van der Waals surface area contributed by atoms with Crippen LogP contribution in [0.3, 0.4) is 0 Å². The van der Waals surface area contributed by atoms with E-state index >= 15 is 0 Å². The first-order valence-electron chi connectivity index (χ1n) is 6.37. The van der Waals surface area contributed by atoms with Crippen molar-refractivity contribution < 1.29 is 4.79 Å². The smallest absolute Gasteiger partial charge is 0.270 e. The second-order valence-corrected chi connectivity index (χ2v) is 5.40. The van der Waals surface area contributed by atoms with Crippen molar-refractivity contribution in [2.75, 3.05) is 31.1 Å². The molecule has 0 radical (unpaired) electrons. The van der Waals surface area contributed by atoms with Gasteiger partial charge in [0.15, 0.2) is 5.13 Å². The molecule has 7 heteroatoms. The number of nitrogens with zero attached hydrogens (tertiary/aromatic N) is 3. The van der Waals surface area contributed by atoms with E-state index in [0.717, 1.165) is 18.2 Å². The van der Waals surface area contributed by atoms with Crippen LogP contribution in [0.25, 0.3) is 0 Å². The molecule has 6 nitrogen and oxygen atoms in total. The zero-order valence-corrected chi connectivity index (χ0v) is 11.6. The highest BCUT2D eigenvalue weighted by molar-refractivity contribution is 7.13. The van der Waals surface area contributed by atoms with Crippen LogP contribution in [0.4, 0.5) is 5.13 Å². The van der Waals surface area contributed by atoms with E-state index in [-0.39, 0.29) is 11.5 Å². The summed E-state index contributed by atoms with van der Waals surface area (Å²) in [7, 11) is 0. The first-order valence-corrected chi connectivity index (χ1v) is 7.25. The summed E-state index contributed by atoms with van der Waals surface area (Å²) in [5, 5.41) is 2.94. The van der Waals surface area contributed by atoms with Crippen LogP contribution in [-0.2, 0) is 0 Å². The maximum Gasteiger partial charge on any atom is 0.270 e. The first-order chi connectivity index (χ1) is 9.74. The van der Waals surface area contributed by atoms with Gasteiger partial charge in [-0.1, -0.05) is 6.07 Å². The van der Waals surface area contributed by atoms with E-state index < -0.39 is 0 Å². The summed E-state index contributed by atoms with van der Waals surface area (Å²) in [6.07, 6.45) is 1.78. The van der Waals surface area contributed by atoms with E-state index in [0.29, 0.717) is 18.8 Å². The van der Waals surface area contributed by atoms with Gasteiger partial charge in [-0.15, -0.1) is 11.3 Å². The molecule has 1 N–H and O–H groups in total. The molecule has 0 aromatic carbocycles. The van der Waals surface area contributed by atoms with Gasteiger partial charge in [0.2, 0.25) is 5.56 Å². The maximum absolute atomic E-state index is 12.3. The van der Waals surface area contributed by atoms with Crippen LogP contribution < -0.4 is 10.5 Å². The van der Waals surface area contributed by atoms with E-state index in [9.17, 15) is 9.59 Å². The Morgan fingerprint density at radius 2 is 2.05 bits per heavy atom. The molecule has 1 aliphatic rings. The van der Waals surface area contributed by atoms with E-state index in [1.165, 1.54) is 6.07 Å². The van der Waals surface area contributed by atoms with Crippen molar-refractivity contribution in [3.8, 4) is 0 Å².